The zero-order chi connectivity index (χ0) is 12.1. The predicted octanol–water partition coefficient (Wildman–Crippen LogP) is 2.91. The number of hydrogen-bond donors (Lipinski definition) is 0. The van der Waals surface area contributed by atoms with Crippen molar-refractivity contribution in [1.29, 1.82) is 0 Å². The first-order valence-corrected chi connectivity index (χ1v) is 6.47. The number of rotatable bonds is 5. The van der Waals surface area contributed by atoms with Crippen LogP contribution in [0.25, 0.3) is 0 Å². The minimum Gasteiger partial charge on any atom is -0.302 e. The van der Waals surface area contributed by atoms with Crippen LogP contribution in [0.5, 0.6) is 0 Å². The monoisotopic (exact) mass is 245 g/mol. The molecule has 0 saturated carbocycles. The van der Waals surface area contributed by atoms with Crippen molar-refractivity contribution in [3.63, 3.8) is 0 Å². The van der Waals surface area contributed by atoms with Crippen LogP contribution in [0.4, 0.5) is 0 Å². The molecule has 0 saturated heterocycles. The van der Waals surface area contributed by atoms with Crippen molar-refractivity contribution in [3.05, 3.63) is 54.4 Å². The van der Waals surface area contributed by atoms with E-state index in [1.165, 1.54) is 5.56 Å². The Morgan fingerprint density at radius 3 is 2.76 bits per heavy atom. The molecule has 17 heavy (non-hydrogen) atoms. The normalized spacial score (nSPS) is 10.4. The summed E-state index contributed by atoms with van der Waals surface area (Å²) in [4.78, 5) is 0. The average molecular weight is 245 g/mol. The van der Waals surface area contributed by atoms with Crippen molar-refractivity contribution >= 4 is 11.8 Å². The first-order valence-electron chi connectivity index (χ1n) is 5.48. The van der Waals surface area contributed by atoms with E-state index >= 15 is 0 Å². The molecule has 0 unspecified atom stereocenters. The fourth-order valence-corrected chi connectivity index (χ4v) is 2.27. The lowest BCUT2D eigenvalue weighted by Gasteiger charge is -2.07. The van der Waals surface area contributed by atoms with E-state index in [1.54, 1.807) is 11.8 Å². The van der Waals surface area contributed by atoms with Gasteiger partial charge in [-0.15, -0.1) is 16.8 Å². The average Bonchev–Trinajstić information content (AvgIpc) is 2.70. The van der Waals surface area contributed by atoms with Crippen LogP contribution in [-0.4, -0.2) is 20.5 Å². The Hall–Kier alpha value is -1.55. The molecule has 3 nitrogen and oxygen atoms in total. The lowest BCUT2D eigenvalue weighted by atomic mass is 10.2. The number of thioether (sulfide) groups is 1. The number of hydrogen-bond acceptors (Lipinski definition) is 3. The van der Waals surface area contributed by atoms with E-state index < -0.39 is 0 Å². The molecule has 2 rings (SSSR count). The number of benzene rings is 1. The fraction of sp³-hybridized carbons (Fsp3) is 0.231. The summed E-state index contributed by atoms with van der Waals surface area (Å²) in [5.74, 6) is 1.80. The van der Waals surface area contributed by atoms with Gasteiger partial charge in [0.1, 0.15) is 5.82 Å². The van der Waals surface area contributed by atoms with Gasteiger partial charge in [-0.05, 0) is 12.5 Å². The largest absolute Gasteiger partial charge is 0.302 e. The second-order valence-corrected chi connectivity index (χ2v) is 4.69. The molecule has 0 radical (unpaired) electrons. The van der Waals surface area contributed by atoms with E-state index in [1.807, 2.05) is 31.2 Å². The minimum absolute atomic E-state index is 0.819. The molecular weight excluding hydrogens is 230 g/mol. The van der Waals surface area contributed by atoms with Gasteiger partial charge in [0, 0.05) is 5.75 Å². The zero-order valence-corrected chi connectivity index (χ0v) is 10.7. The molecule has 1 aromatic heterocycles. The maximum absolute atomic E-state index is 4.18. The van der Waals surface area contributed by atoms with Crippen molar-refractivity contribution in [3.8, 4) is 0 Å². The SMILES string of the molecule is C=CCSc1nnc(C)n1Cc1ccccc1. The van der Waals surface area contributed by atoms with Gasteiger partial charge in [0.05, 0.1) is 6.54 Å². The topological polar surface area (TPSA) is 30.7 Å². The quantitative estimate of drug-likeness (QED) is 0.599. The summed E-state index contributed by atoms with van der Waals surface area (Å²) in [5, 5.41) is 9.25. The molecule has 4 heteroatoms. The Morgan fingerprint density at radius 2 is 2.06 bits per heavy atom. The second-order valence-electron chi connectivity index (χ2n) is 3.70. The summed E-state index contributed by atoms with van der Waals surface area (Å²) in [6.45, 7) is 6.52. The van der Waals surface area contributed by atoms with Crippen LogP contribution in [0, 0.1) is 6.92 Å². The molecule has 2 aromatic rings. The zero-order valence-electron chi connectivity index (χ0n) is 9.84. The molecular formula is C13H15N3S. The van der Waals surface area contributed by atoms with Gasteiger partial charge in [0.15, 0.2) is 5.16 Å². The molecule has 1 aromatic carbocycles. The first kappa shape index (κ1) is 11.9. The molecule has 1 heterocycles. The number of aryl methyl sites for hydroxylation is 1. The second kappa shape index (κ2) is 5.68. The molecule has 88 valence electrons. The lowest BCUT2D eigenvalue weighted by molar-refractivity contribution is 0.688. The summed E-state index contributed by atoms with van der Waals surface area (Å²) < 4.78 is 2.13. The van der Waals surface area contributed by atoms with Gasteiger partial charge in [0.2, 0.25) is 0 Å². The Kier molecular flexibility index (Phi) is 3.98. The third-order valence-corrected chi connectivity index (χ3v) is 3.38. The number of aromatic nitrogens is 3. The van der Waals surface area contributed by atoms with E-state index in [-0.39, 0.29) is 0 Å². The summed E-state index contributed by atoms with van der Waals surface area (Å²) >= 11 is 1.66. The van der Waals surface area contributed by atoms with Gasteiger partial charge in [-0.3, -0.25) is 0 Å². The van der Waals surface area contributed by atoms with E-state index in [9.17, 15) is 0 Å². The maximum Gasteiger partial charge on any atom is 0.191 e. The first-order chi connectivity index (χ1) is 8.31. The van der Waals surface area contributed by atoms with Crippen molar-refractivity contribution in [1.82, 2.24) is 14.8 Å². The van der Waals surface area contributed by atoms with Gasteiger partial charge in [-0.25, -0.2) is 0 Å². The van der Waals surface area contributed by atoms with E-state index in [0.29, 0.717) is 0 Å². The highest BCUT2D eigenvalue weighted by Crippen LogP contribution is 2.18. The predicted molar refractivity (Wildman–Crippen MR) is 71.2 cm³/mol. The van der Waals surface area contributed by atoms with Crippen molar-refractivity contribution in [2.45, 2.75) is 18.6 Å². The molecule has 0 bridgehead atoms. The lowest BCUT2D eigenvalue weighted by Crippen LogP contribution is -2.03. The van der Waals surface area contributed by atoms with Crippen LogP contribution >= 0.6 is 11.8 Å². The third kappa shape index (κ3) is 2.97. The summed E-state index contributed by atoms with van der Waals surface area (Å²) in [6, 6.07) is 10.3. The smallest absolute Gasteiger partial charge is 0.191 e. The molecule has 0 amide bonds. The van der Waals surface area contributed by atoms with Crippen LogP contribution in [0.15, 0.2) is 48.1 Å². The molecule has 0 fully saturated rings. The Balaban J connectivity index is 2.19. The maximum atomic E-state index is 4.18. The highest BCUT2D eigenvalue weighted by molar-refractivity contribution is 7.99. The molecule has 0 aliphatic rings. The van der Waals surface area contributed by atoms with Crippen LogP contribution in [-0.2, 0) is 6.54 Å². The van der Waals surface area contributed by atoms with Crippen molar-refractivity contribution in [2.24, 2.45) is 0 Å². The summed E-state index contributed by atoms with van der Waals surface area (Å²) in [6.07, 6.45) is 1.88. The minimum atomic E-state index is 0.819. The molecule has 0 N–H and O–H groups in total. The summed E-state index contributed by atoms with van der Waals surface area (Å²) in [7, 11) is 0. The molecule has 0 atom stereocenters. The summed E-state index contributed by atoms with van der Waals surface area (Å²) in [5.41, 5.74) is 1.26. The standard InChI is InChI=1S/C13H15N3S/c1-3-9-17-13-15-14-11(2)16(13)10-12-7-5-4-6-8-12/h3-8H,1,9-10H2,2H3. The van der Waals surface area contributed by atoms with Gasteiger partial charge in [0.25, 0.3) is 0 Å². The van der Waals surface area contributed by atoms with Crippen LogP contribution in [0.3, 0.4) is 0 Å². The Bertz CT molecular complexity index is 491. The van der Waals surface area contributed by atoms with Crippen molar-refractivity contribution < 1.29 is 0 Å². The van der Waals surface area contributed by atoms with Crippen LogP contribution in [0.2, 0.25) is 0 Å². The Morgan fingerprint density at radius 1 is 1.29 bits per heavy atom. The molecule has 0 aliphatic carbocycles. The van der Waals surface area contributed by atoms with Gasteiger partial charge in [-0.2, -0.15) is 0 Å². The van der Waals surface area contributed by atoms with E-state index in [4.69, 9.17) is 0 Å². The van der Waals surface area contributed by atoms with Gasteiger partial charge < -0.3 is 4.57 Å². The highest BCUT2D eigenvalue weighted by Gasteiger charge is 2.08. The van der Waals surface area contributed by atoms with E-state index in [2.05, 4.69) is 33.5 Å². The fourth-order valence-electron chi connectivity index (χ4n) is 1.55. The highest BCUT2D eigenvalue weighted by atomic mass is 32.2. The van der Waals surface area contributed by atoms with Gasteiger partial charge in [-0.1, -0.05) is 48.2 Å². The van der Waals surface area contributed by atoms with Crippen molar-refractivity contribution in [2.75, 3.05) is 5.75 Å². The molecule has 0 aliphatic heterocycles. The van der Waals surface area contributed by atoms with Crippen LogP contribution in [0.1, 0.15) is 11.4 Å². The Labute approximate surface area is 106 Å². The third-order valence-electron chi connectivity index (χ3n) is 2.42. The molecule has 0 spiro atoms. The number of nitrogens with zero attached hydrogens (tertiary/aromatic N) is 3. The van der Waals surface area contributed by atoms with Crippen LogP contribution < -0.4 is 0 Å². The van der Waals surface area contributed by atoms with Gasteiger partial charge >= 0.3 is 0 Å². The van der Waals surface area contributed by atoms with E-state index in [0.717, 1.165) is 23.3 Å².